The van der Waals surface area contributed by atoms with Gasteiger partial charge >= 0.3 is 0 Å². The monoisotopic (exact) mass is 309 g/mol. The smallest absolute Gasteiger partial charge is 0.203 e. The van der Waals surface area contributed by atoms with Crippen LogP contribution in [0.2, 0.25) is 0 Å². The van der Waals surface area contributed by atoms with Gasteiger partial charge in [-0.2, -0.15) is 0 Å². The number of aromatic nitrogens is 1. The van der Waals surface area contributed by atoms with Crippen LogP contribution in [-0.4, -0.2) is 26.3 Å². The fourth-order valence-corrected chi connectivity index (χ4v) is 2.59. The lowest BCUT2D eigenvalue weighted by Crippen LogP contribution is -1.98. The van der Waals surface area contributed by atoms with Crippen molar-refractivity contribution in [2.75, 3.05) is 21.3 Å². The predicted octanol–water partition coefficient (Wildman–Crippen LogP) is 3.87. The standard InChI is InChI=1S/C15H16FNO3S/c1-18-11-8-10(9-12(19-2)14(11)20-3)15(16)21-13-6-4-5-7-17-13/h4-9,15H,1-3H3. The van der Waals surface area contributed by atoms with Crippen LogP contribution in [0.1, 0.15) is 11.1 Å². The predicted molar refractivity (Wildman–Crippen MR) is 80.0 cm³/mol. The van der Waals surface area contributed by atoms with E-state index < -0.39 is 5.50 Å². The van der Waals surface area contributed by atoms with Gasteiger partial charge in [-0.25, -0.2) is 9.37 Å². The van der Waals surface area contributed by atoms with Gasteiger partial charge in [-0.3, -0.25) is 0 Å². The Balaban J connectivity index is 2.30. The molecule has 2 aromatic rings. The van der Waals surface area contributed by atoms with E-state index in [4.69, 9.17) is 14.2 Å². The summed E-state index contributed by atoms with van der Waals surface area (Å²) in [4.78, 5) is 4.10. The molecule has 1 atom stereocenters. The average Bonchev–Trinajstić information content (AvgIpc) is 2.54. The van der Waals surface area contributed by atoms with Gasteiger partial charge < -0.3 is 14.2 Å². The third-order valence-electron chi connectivity index (χ3n) is 2.81. The lowest BCUT2D eigenvalue weighted by atomic mass is 10.2. The number of alkyl halides is 1. The van der Waals surface area contributed by atoms with E-state index in [1.54, 1.807) is 30.5 Å². The zero-order chi connectivity index (χ0) is 15.2. The number of halogens is 1. The number of hydrogen-bond donors (Lipinski definition) is 0. The second-order valence-electron chi connectivity index (χ2n) is 4.06. The van der Waals surface area contributed by atoms with Crippen LogP contribution in [0.4, 0.5) is 4.39 Å². The summed E-state index contributed by atoms with van der Waals surface area (Å²) >= 11 is 1.02. The lowest BCUT2D eigenvalue weighted by molar-refractivity contribution is 0.322. The molecule has 0 N–H and O–H groups in total. The second kappa shape index (κ2) is 7.17. The molecule has 0 amide bonds. The average molecular weight is 309 g/mol. The number of nitrogens with zero attached hydrogens (tertiary/aromatic N) is 1. The first-order valence-corrected chi connectivity index (χ1v) is 7.09. The first kappa shape index (κ1) is 15.4. The molecule has 0 fully saturated rings. The van der Waals surface area contributed by atoms with Gasteiger partial charge in [-0.15, -0.1) is 0 Å². The Morgan fingerprint density at radius 2 is 1.71 bits per heavy atom. The van der Waals surface area contributed by atoms with E-state index in [1.165, 1.54) is 21.3 Å². The van der Waals surface area contributed by atoms with Crippen molar-refractivity contribution in [1.82, 2.24) is 4.98 Å². The van der Waals surface area contributed by atoms with Crippen molar-refractivity contribution in [3.63, 3.8) is 0 Å². The number of rotatable bonds is 6. The van der Waals surface area contributed by atoms with Gasteiger partial charge in [0.2, 0.25) is 5.75 Å². The quantitative estimate of drug-likeness (QED) is 0.758. The third-order valence-corrected chi connectivity index (χ3v) is 3.77. The van der Waals surface area contributed by atoms with Crippen molar-refractivity contribution < 1.29 is 18.6 Å². The first-order chi connectivity index (χ1) is 10.2. The van der Waals surface area contributed by atoms with E-state index in [0.29, 0.717) is 27.8 Å². The maximum atomic E-state index is 14.5. The van der Waals surface area contributed by atoms with Gasteiger partial charge in [0, 0.05) is 11.8 Å². The van der Waals surface area contributed by atoms with Crippen molar-refractivity contribution in [3.05, 3.63) is 42.1 Å². The number of benzene rings is 1. The van der Waals surface area contributed by atoms with Gasteiger partial charge in [0.15, 0.2) is 17.0 Å². The number of ether oxygens (including phenoxy) is 3. The molecule has 2 rings (SSSR count). The molecule has 1 aromatic carbocycles. The third kappa shape index (κ3) is 3.58. The molecule has 0 saturated carbocycles. The van der Waals surface area contributed by atoms with E-state index >= 15 is 0 Å². The maximum Gasteiger partial charge on any atom is 0.203 e. The topological polar surface area (TPSA) is 40.6 Å². The van der Waals surface area contributed by atoms with Crippen LogP contribution in [-0.2, 0) is 0 Å². The molecule has 112 valence electrons. The second-order valence-corrected chi connectivity index (χ2v) is 5.13. The normalized spacial score (nSPS) is 11.8. The van der Waals surface area contributed by atoms with Crippen molar-refractivity contribution in [2.45, 2.75) is 10.5 Å². The molecular weight excluding hydrogens is 293 g/mol. The highest BCUT2D eigenvalue weighted by Gasteiger charge is 2.19. The Morgan fingerprint density at radius 1 is 1.05 bits per heavy atom. The van der Waals surface area contributed by atoms with Gasteiger partial charge in [0.1, 0.15) is 0 Å². The zero-order valence-corrected chi connectivity index (χ0v) is 12.8. The highest BCUT2D eigenvalue weighted by molar-refractivity contribution is 7.99. The molecule has 1 aromatic heterocycles. The molecule has 1 unspecified atom stereocenters. The summed E-state index contributed by atoms with van der Waals surface area (Å²) in [6.45, 7) is 0. The minimum Gasteiger partial charge on any atom is -0.493 e. The number of pyridine rings is 1. The Morgan fingerprint density at radius 3 is 2.19 bits per heavy atom. The summed E-state index contributed by atoms with van der Waals surface area (Å²) < 4.78 is 30.1. The van der Waals surface area contributed by atoms with E-state index in [2.05, 4.69) is 4.98 Å². The van der Waals surface area contributed by atoms with Crippen LogP contribution in [0.25, 0.3) is 0 Å². The van der Waals surface area contributed by atoms with Crippen molar-refractivity contribution in [1.29, 1.82) is 0 Å². The molecule has 0 radical (unpaired) electrons. The van der Waals surface area contributed by atoms with Gasteiger partial charge in [-0.05, 0) is 24.3 Å². The van der Waals surface area contributed by atoms with E-state index in [9.17, 15) is 4.39 Å². The first-order valence-electron chi connectivity index (χ1n) is 6.21. The molecule has 1 heterocycles. The highest BCUT2D eigenvalue weighted by Crippen LogP contribution is 2.43. The molecule has 0 spiro atoms. The van der Waals surface area contributed by atoms with Crippen LogP contribution in [0, 0.1) is 0 Å². The molecule has 0 aliphatic carbocycles. The largest absolute Gasteiger partial charge is 0.493 e. The van der Waals surface area contributed by atoms with Crippen molar-refractivity contribution >= 4 is 11.8 Å². The minimum absolute atomic E-state index is 0.427. The fraction of sp³-hybridized carbons (Fsp3) is 0.267. The van der Waals surface area contributed by atoms with Gasteiger partial charge in [0.05, 0.1) is 26.4 Å². The zero-order valence-electron chi connectivity index (χ0n) is 12.0. The summed E-state index contributed by atoms with van der Waals surface area (Å²) in [7, 11) is 4.51. The summed E-state index contributed by atoms with van der Waals surface area (Å²) in [5.41, 5.74) is -0.853. The van der Waals surface area contributed by atoms with Crippen LogP contribution in [0.3, 0.4) is 0 Å². The Labute approximate surface area is 127 Å². The number of methoxy groups -OCH3 is 3. The summed E-state index contributed by atoms with van der Waals surface area (Å²) in [5, 5.41) is 0.610. The van der Waals surface area contributed by atoms with Gasteiger partial charge in [0.25, 0.3) is 0 Å². The summed E-state index contributed by atoms with van der Waals surface area (Å²) in [6, 6.07) is 8.56. The summed E-state index contributed by atoms with van der Waals surface area (Å²) in [6.07, 6.45) is 1.63. The number of thioether (sulfide) groups is 1. The van der Waals surface area contributed by atoms with E-state index in [1.807, 2.05) is 6.07 Å². The molecule has 0 saturated heterocycles. The van der Waals surface area contributed by atoms with E-state index in [0.717, 1.165) is 11.8 Å². The molecule has 21 heavy (non-hydrogen) atoms. The molecular formula is C15H16FNO3S. The number of hydrogen-bond acceptors (Lipinski definition) is 5. The Kier molecular flexibility index (Phi) is 5.27. The highest BCUT2D eigenvalue weighted by atomic mass is 32.2. The molecule has 6 heteroatoms. The molecule has 0 aliphatic rings. The van der Waals surface area contributed by atoms with Gasteiger partial charge in [-0.1, -0.05) is 17.8 Å². The lowest BCUT2D eigenvalue weighted by Gasteiger charge is -2.15. The van der Waals surface area contributed by atoms with Crippen LogP contribution in [0.5, 0.6) is 17.2 Å². The van der Waals surface area contributed by atoms with Crippen molar-refractivity contribution in [2.24, 2.45) is 0 Å². The maximum absolute atomic E-state index is 14.5. The molecule has 0 bridgehead atoms. The molecule has 0 aliphatic heterocycles. The Bertz CT molecular complexity index is 570. The Hall–Kier alpha value is -1.95. The van der Waals surface area contributed by atoms with Crippen molar-refractivity contribution in [3.8, 4) is 17.2 Å². The summed E-state index contributed by atoms with van der Waals surface area (Å²) in [5.74, 6) is 1.30. The van der Waals surface area contributed by atoms with Crippen LogP contribution >= 0.6 is 11.8 Å². The molecule has 4 nitrogen and oxygen atoms in total. The van der Waals surface area contributed by atoms with Crippen LogP contribution in [0.15, 0.2) is 41.6 Å². The minimum atomic E-state index is -1.28. The fourth-order valence-electron chi connectivity index (χ4n) is 1.82. The van der Waals surface area contributed by atoms with E-state index in [-0.39, 0.29) is 0 Å². The SMILES string of the molecule is COc1cc(C(F)Sc2ccccn2)cc(OC)c1OC. The van der Waals surface area contributed by atoms with Crippen LogP contribution < -0.4 is 14.2 Å².